The number of benzene rings is 2. The van der Waals surface area contributed by atoms with Gasteiger partial charge >= 0.3 is 0 Å². The number of furan rings is 1. The van der Waals surface area contributed by atoms with Crippen molar-refractivity contribution < 1.29 is 19.1 Å². The van der Waals surface area contributed by atoms with Gasteiger partial charge in [-0.3, -0.25) is 9.59 Å². The smallest absolute Gasteiger partial charge is 0.296 e. The Labute approximate surface area is 188 Å². The number of ketones is 1. The number of carbonyl (C=O) groups is 2. The molecule has 1 saturated heterocycles. The lowest BCUT2D eigenvalue weighted by molar-refractivity contribution is -0.140. The molecule has 6 nitrogen and oxygen atoms in total. The van der Waals surface area contributed by atoms with Crippen LogP contribution in [0.15, 0.2) is 81.4 Å². The number of anilines is 1. The fourth-order valence-electron chi connectivity index (χ4n) is 3.68. The minimum Gasteiger partial charge on any atom is -0.507 e. The van der Waals surface area contributed by atoms with Crippen LogP contribution in [0.3, 0.4) is 0 Å². The second kappa shape index (κ2) is 8.43. The molecule has 2 heterocycles. The van der Waals surface area contributed by atoms with Crippen molar-refractivity contribution in [2.75, 3.05) is 19.0 Å². The molecule has 31 heavy (non-hydrogen) atoms. The summed E-state index contributed by atoms with van der Waals surface area (Å²) < 4.78 is 6.26. The minimum atomic E-state index is -0.732. The van der Waals surface area contributed by atoms with Crippen molar-refractivity contribution in [3.8, 4) is 0 Å². The monoisotopic (exact) mass is 480 g/mol. The van der Waals surface area contributed by atoms with Crippen molar-refractivity contribution >= 4 is 39.1 Å². The molecule has 7 heteroatoms. The van der Waals surface area contributed by atoms with E-state index in [1.165, 1.54) is 11.2 Å². The topological polar surface area (TPSA) is 74.0 Å². The predicted octanol–water partition coefficient (Wildman–Crippen LogP) is 4.73. The molecular formula is C24H21BrN2O4. The molecule has 1 aliphatic heterocycles. The van der Waals surface area contributed by atoms with Gasteiger partial charge in [0, 0.05) is 29.8 Å². The quantitative estimate of drug-likeness (QED) is 0.324. The molecule has 1 aromatic heterocycles. The van der Waals surface area contributed by atoms with Crippen molar-refractivity contribution in [1.82, 2.24) is 4.90 Å². The molecule has 1 N–H and O–H groups in total. The molecule has 0 bridgehead atoms. The summed E-state index contributed by atoms with van der Waals surface area (Å²) in [6.07, 6.45) is 1.52. The van der Waals surface area contributed by atoms with Gasteiger partial charge in [-0.1, -0.05) is 40.2 Å². The lowest BCUT2D eigenvalue weighted by Gasteiger charge is -2.25. The van der Waals surface area contributed by atoms with E-state index in [-0.39, 0.29) is 17.9 Å². The van der Waals surface area contributed by atoms with Crippen LogP contribution in [0, 0.1) is 0 Å². The Morgan fingerprint density at radius 3 is 2.32 bits per heavy atom. The van der Waals surface area contributed by atoms with Gasteiger partial charge in [-0.05, 0) is 42.0 Å². The molecule has 1 atom stereocenters. The second-order valence-corrected chi connectivity index (χ2v) is 8.41. The molecular weight excluding hydrogens is 460 g/mol. The molecule has 4 rings (SSSR count). The summed E-state index contributed by atoms with van der Waals surface area (Å²) in [5.41, 5.74) is 2.25. The first kappa shape index (κ1) is 20.9. The fourth-order valence-corrected chi connectivity index (χ4v) is 3.94. The van der Waals surface area contributed by atoms with E-state index in [4.69, 9.17) is 4.42 Å². The summed E-state index contributed by atoms with van der Waals surface area (Å²) in [4.78, 5) is 29.4. The molecule has 0 saturated carbocycles. The first-order chi connectivity index (χ1) is 14.9. The average molecular weight is 481 g/mol. The van der Waals surface area contributed by atoms with Gasteiger partial charge in [0.25, 0.3) is 11.7 Å². The van der Waals surface area contributed by atoms with E-state index >= 15 is 0 Å². The van der Waals surface area contributed by atoms with E-state index in [0.717, 1.165) is 15.7 Å². The number of halogens is 1. The number of aliphatic hydroxyl groups is 1. The van der Waals surface area contributed by atoms with Crippen molar-refractivity contribution in [1.29, 1.82) is 0 Å². The Bertz CT molecular complexity index is 1130. The van der Waals surface area contributed by atoms with E-state index in [1.807, 2.05) is 43.3 Å². The number of amides is 1. The highest BCUT2D eigenvalue weighted by Crippen LogP contribution is 2.40. The standard InChI is InChI=1S/C24H21BrN2O4/c1-26(2)18-11-7-15(8-12-18)21-20(22(28)16-5-9-17(25)10-6-16)23(29)24(30)27(21)14-19-4-3-13-31-19/h3-13,21,28H,14H2,1-2H3/b22-20-. The third-order valence-corrected chi connectivity index (χ3v) is 5.82. The third kappa shape index (κ3) is 4.01. The van der Waals surface area contributed by atoms with Crippen LogP contribution in [0.25, 0.3) is 5.76 Å². The average Bonchev–Trinajstić information content (AvgIpc) is 3.36. The number of hydrogen-bond donors (Lipinski definition) is 1. The second-order valence-electron chi connectivity index (χ2n) is 7.50. The first-order valence-electron chi connectivity index (χ1n) is 9.71. The van der Waals surface area contributed by atoms with Crippen LogP contribution in [-0.4, -0.2) is 35.8 Å². The van der Waals surface area contributed by atoms with Crippen LogP contribution in [0.1, 0.15) is 22.9 Å². The lowest BCUT2D eigenvalue weighted by Crippen LogP contribution is -2.29. The fraction of sp³-hybridized carbons (Fsp3) is 0.167. The maximum atomic E-state index is 13.0. The molecule has 1 amide bonds. The van der Waals surface area contributed by atoms with E-state index in [1.54, 1.807) is 36.4 Å². The van der Waals surface area contributed by atoms with Gasteiger partial charge in [0.1, 0.15) is 11.5 Å². The van der Waals surface area contributed by atoms with E-state index in [9.17, 15) is 14.7 Å². The van der Waals surface area contributed by atoms with Gasteiger partial charge in [0.05, 0.1) is 24.4 Å². The van der Waals surface area contributed by atoms with Crippen LogP contribution in [-0.2, 0) is 16.1 Å². The number of Topliss-reactive ketones (excluding diaryl/α,β-unsaturated/α-hetero) is 1. The summed E-state index contributed by atoms with van der Waals surface area (Å²) in [5, 5.41) is 11.1. The zero-order valence-corrected chi connectivity index (χ0v) is 18.7. The molecule has 0 radical (unpaired) electrons. The van der Waals surface area contributed by atoms with E-state index in [0.29, 0.717) is 11.3 Å². The van der Waals surface area contributed by atoms with E-state index < -0.39 is 17.7 Å². The zero-order chi connectivity index (χ0) is 22.1. The summed E-state index contributed by atoms with van der Waals surface area (Å²) in [6.45, 7) is 0.120. The molecule has 158 valence electrons. The van der Waals surface area contributed by atoms with Crippen molar-refractivity contribution in [2.45, 2.75) is 12.6 Å². The van der Waals surface area contributed by atoms with Crippen LogP contribution in [0.5, 0.6) is 0 Å². The molecule has 1 unspecified atom stereocenters. The highest BCUT2D eigenvalue weighted by Gasteiger charge is 2.46. The Hall–Kier alpha value is -3.32. The summed E-state index contributed by atoms with van der Waals surface area (Å²) in [5.74, 6) is -1.03. The van der Waals surface area contributed by atoms with E-state index in [2.05, 4.69) is 15.9 Å². The number of carbonyl (C=O) groups excluding carboxylic acids is 2. The highest BCUT2D eigenvalue weighted by atomic mass is 79.9. The van der Waals surface area contributed by atoms with Crippen molar-refractivity contribution in [3.05, 3.63) is 93.9 Å². The van der Waals surface area contributed by atoms with Crippen molar-refractivity contribution in [3.63, 3.8) is 0 Å². The SMILES string of the molecule is CN(C)c1ccc(C2/C(=C(/O)c3ccc(Br)cc3)C(=O)C(=O)N2Cc2ccco2)cc1. The van der Waals surface area contributed by atoms with Crippen LogP contribution >= 0.6 is 15.9 Å². The number of rotatable bonds is 5. The third-order valence-electron chi connectivity index (χ3n) is 5.29. The van der Waals surface area contributed by atoms with Crippen LogP contribution in [0.4, 0.5) is 5.69 Å². The number of nitrogens with zero attached hydrogens (tertiary/aromatic N) is 2. The number of aliphatic hydroxyl groups excluding tert-OH is 1. The molecule has 1 fully saturated rings. The van der Waals surface area contributed by atoms with Gasteiger partial charge in [0.2, 0.25) is 0 Å². The summed E-state index contributed by atoms with van der Waals surface area (Å²) in [6, 6.07) is 17.3. The number of hydrogen-bond acceptors (Lipinski definition) is 5. The first-order valence-corrected chi connectivity index (χ1v) is 10.5. The van der Waals surface area contributed by atoms with Gasteiger partial charge < -0.3 is 19.3 Å². The van der Waals surface area contributed by atoms with Crippen LogP contribution < -0.4 is 4.90 Å². The molecule has 0 aliphatic carbocycles. The molecule has 0 spiro atoms. The Morgan fingerprint density at radius 1 is 1.06 bits per heavy atom. The summed E-state index contributed by atoms with van der Waals surface area (Å²) in [7, 11) is 3.87. The van der Waals surface area contributed by atoms with Crippen molar-refractivity contribution in [2.24, 2.45) is 0 Å². The normalized spacial score (nSPS) is 17.9. The maximum Gasteiger partial charge on any atom is 0.296 e. The Balaban J connectivity index is 1.84. The molecule has 1 aliphatic rings. The van der Waals surface area contributed by atoms with Gasteiger partial charge in [-0.2, -0.15) is 0 Å². The Morgan fingerprint density at radius 2 is 1.74 bits per heavy atom. The molecule has 2 aromatic carbocycles. The highest BCUT2D eigenvalue weighted by molar-refractivity contribution is 9.10. The van der Waals surface area contributed by atoms with Gasteiger partial charge in [-0.25, -0.2) is 0 Å². The largest absolute Gasteiger partial charge is 0.507 e. The maximum absolute atomic E-state index is 13.0. The Kier molecular flexibility index (Phi) is 5.69. The zero-order valence-electron chi connectivity index (χ0n) is 17.1. The van der Waals surface area contributed by atoms with Gasteiger partial charge in [-0.15, -0.1) is 0 Å². The molecule has 3 aromatic rings. The van der Waals surface area contributed by atoms with Gasteiger partial charge in [0.15, 0.2) is 0 Å². The number of likely N-dealkylation sites (tertiary alicyclic amines) is 1. The van der Waals surface area contributed by atoms with Crippen LogP contribution in [0.2, 0.25) is 0 Å². The minimum absolute atomic E-state index is 0.0662. The predicted molar refractivity (Wildman–Crippen MR) is 121 cm³/mol. The summed E-state index contributed by atoms with van der Waals surface area (Å²) >= 11 is 3.37. The lowest BCUT2D eigenvalue weighted by atomic mass is 9.95.